The smallest absolute Gasteiger partial charge is 0.258 e. The summed E-state index contributed by atoms with van der Waals surface area (Å²) in [5.41, 5.74) is 2.78. The lowest BCUT2D eigenvalue weighted by Gasteiger charge is -2.23. The van der Waals surface area contributed by atoms with Gasteiger partial charge in [0.05, 0.1) is 11.5 Å². The van der Waals surface area contributed by atoms with Crippen LogP contribution in [0, 0.1) is 13.8 Å². The molecule has 1 aliphatic heterocycles. The van der Waals surface area contributed by atoms with Crippen molar-refractivity contribution in [3.63, 3.8) is 0 Å². The zero-order chi connectivity index (χ0) is 22.1. The van der Waals surface area contributed by atoms with Gasteiger partial charge in [-0.25, -0.2) is 0 Å². The van der Waals surface area contributed by atoms with Crippen molar-refractivity contribution in [3.05, 3.63) is 74.5 Å². The van der Waals surface area contributed by atoms with Crippen LogP contribution >= 0.6 is 11.6 Å². The van der Waals surface area contributed by atoms with E-state index in [9.17, 15) is 14.4 Å². The normalized spacial score (nSPS) is 15.1. The number of benzene rings is 2. The van der Waals surface area contributed by atoms with Crippen LogP contribution < -0.4 is 21.5 Å². The Morgan fingerprint density at radius 1 is 1.10 bits per heavy atom. The highest BCUT2D eigenvalue weighted by atomic mass is 35.5. The first kappa shape index (κ1) is 20.6. The van der Waals surface area contributed by atoms with E-state index in [-0.39, 0.29) is 23.8 Å². The second kappa shape index (κ2) is 8.23. The molecule has 9 heteroatoms. The molecular formula is C22H20ClN5O3. The average Bonchev–Trinajstić information content (AvgIpc) is 2.71. The summed E-state index contributed by atoms with van der Waals surface area (Å²) < 4.78 is 0. The van der Waals surface area contributed by atoms with Gasteiger partial charge in [0.15, 0.2) is 0 Å². The number of aromatic amines is 1. The number of hydrogen-bond donors (Lipinski definition) is 4. The number of anilines is 4. The molecule has 1 aromatic heterocycles. The highest BCUT2D eigenvalue weighted by Gasteiger charge is 2.34. The van der Waals surface area contributed by atoms with Crippen LogP contribution in [0.1, 0.15) is 29.0 Å². The van der Waals surface area contributed by atoms with E-state index in [1.165, 1.54) is 0 Å². The summed E-state index contributed by atoms with van der Waals surface area (Å²) in [6, 6.07) is 12.6. The number of amides is 2. The number of halogens is 1. The molecule has 158 valence electrons. The number of nitrogens with one attached hydrogen (secondary N) is 4. The second-order valence-electron chi connectivity index (χ2n) is 7.43. The van der Waals surface area contributed by atoms with Crippen LogP contribution in [0.3, 0.4) is 0 Å². The molecule has 0 aliphatic carbocycles. The SMILES string of the molecule is Cc1ccc(Nc2nc3c(c(=O)[nH]2)[C@H](C(=O)Nc2ccc(C)c(Cl)c2)CC(=O)N3)cc1. The largest absolute Gasteiger partial charge is 0.326 e. The molecular weight excluding hydrogens is 418 g/mol. The molecule has 8 nitrogen and oxygen atoms in total. The maximum Gasteiger partial charge on any atom is 0.258 e. The Kier molecular flexibility index (Phi) is 5.48. The Balaban J connectivity index is 1.63. The Hall–Kier alpha value is -3.65. The third-order valence-corrected chi connectivity index (χ3v) is 5.43. The molecule has 0 fully saturated rings. The molecule has 1 atom stereocenters. The lowest BCUT2D eigenvalue weighted by molar-refractivity contribution is -0.123. The minimum atomic E-state index is -0.978. The molecule has 0 unspecified atom stereocenters. The monoisotopic (exact) mass is 437 g/mol. The zero-order valence-corrected chi connectivity index (χ0v) is 17.6. The molecule has 31 heavy (non-hydrogen) atoms. The lowest BCUT2D eigenvalue weighted by Crippen LogP contribution is -2.36. The predicted molar refractivity (Wildman–Crippen MR) is 120 cm³/mol. The Morgan fingerprint density at radius 2 is 1.81 bits per heavy atom. The van der Waals surface area contributed by atoms with E-state index in [0.29, 0.717) is 10.7 Å². The van der Waals surface area contributed by atoms with Crippen molar-refractivity contribution in [3.8, 4) is 0 Å². The third-order valence-electron chi connectivity index (χ3n) is 5.02. The summed E-state index contributed by atoms with van der Waals surface area (Å²) in [6.07, 6.45) is -0.159. The van der Waals surface area contributed by atoms with Crippen LogP contribution in [0.5, 0.6) is 0 Å². The average molecular weight is 438 g/mol. The van der Waals surface area contributed by atoms with Crippen molar-refractivity contribution in [1.82, 2.24) is 9.97 Å². The van der Waals surface area contributed by atoms with Gasteiger partial charge in [0.25, 0.3) is 5.56 Å². The first-order valence-electron chi connectivity index (χ1n) is 9.65. The van der Waals surface area contributed by atoms with Crippen LogP contribution in [-0.2, 0) is 9.59 Å². The molecule has 4 N–H and O–H groups in total. The van der Waals surface area contributed by atoms with Gasteiger partial charge >= 0.3 is 0 Å². The van der Waals surface area contributed by atoms with E-state index < -0.39 is 23.3 Å². The maximum atomic E-state index is 12.9. The van der Waals surface area contributed by atoms with Crippen molar-refractivity contribution in [2.75, 3.05) is 16.0 Å². The van der Waals surface area contributed by atoms with Crippen molar-refractivity contribution < 1.29 is 9.59 Å². The number of carbonyl (C=O) groups is 2. The minimum absolute atomic E-state index is 0.0664. The van der Waals surface area contributed by atoms with Crippen molar-refractivity contribution in [2.45, 2.75) is 26.2 Å². The number of H-pyrrole nitrogens is 1. The third kappa shape index (κ3) is 4.44. The topological polar surface area (TPSA) is 116 Å². The van der Waals surface area contributed by atoms with E-state index in [1.807, 2.05) is 38.1 Å². The van der Waals surface area contributed by atoms with E-state index in [0.717, 1.165) is 16.8 Å². The standard InChI is InChI=1S/C22H20ClN5O3/c1-11-3-6-13(7-4-11)25-22-27-19-18(21(31)28-22)15(10-17(29)26-19)20(30)24-14-8-5-12(2)16(23)9-14/h3-9,15H,10H2,1-2H3,(H,24,30)(H3,25,26,27,28,29,31)/t15-/m1/s1. The second-order valence-corrected chi connectivity index (χ2v) is 7.83. The summed E-state index contributed by atoms with van der Waals surface area (Å²) in [6.45, 7) is 3.82. The molecule has 1 aliphatic rings. The molecule has 3 aromatic rings. The van der Waals surface area contributed by atoms with Gasteiger partial charge in [-0.2, -0.15) is 4.98 Å². The number of carbonyl (C=O) groups excluding carboxylic acids is 2. The van der Waals surface area contributed by atoms with Gasteiger partial charge in [-0.15, -0.1) is 0 Å². The summed E-state index contributed by atoms with van der Waals surface area (Å²) in [7, 11) is 0. The molecule has 0 bridgehead atoms. The van der Waals surface area contributed by atoms with Crippen LogP contribution in [0.25, 0.3) is 0 Å². The Bertz CT molecular complexity index is 1240. The first-order valence-corrected chi connectivity index (χ1v) is 10.0. The van der Waals surface area contributed by atoms with Crippen LogP contribution in [0.15, 0.2) is 47.3 Å². The zero-order valence-electron chi connectivity index (χ0n) is 16.9. The van der Waals surface area contributed by atoms with Gasteiger partial charge in [0, 0.05) is 22.8 Å². The molecule has 0 spiro atoms. The van der Waals surface area contributed by atoms with Gasteiger partial charge in [0.1, 0.15) is 5.82 Å². The van der Waals surface area contributed by atoms with Gasteiger partial charge < -0.3 is 16.0 Å². The highest BCUT2D eigenvalue weighted by Crippen LogP contribution is 2.30. The summed E-state index contributed by atoms with van der Waals surface area (Å²) in [4.78, 5) is 44.9. The van der Waals surface area contributed by atoms with Crippen molar-refractivity contribution >= 4 is 46.6 Å². The van der Waals surface area contributed by atoms with E-state index in [2.05, 4.69) is 25.9 Å². The molecule has 0 saturated heterocycles. The predicted octanol–water partition coefficient (Wildman–Crippen LogP) is 3.85. The summed E-state index contributed by atoms with van der Waals surface area (Å²) in [5.74, 6) is -1.62. The number of hydrogen-bond acceptors (Lipinski definition) is 5. The fraction of sp³-hybridized carbons (Fsp3) is 0.182. The molecule has 4 rings (SSSR count). The number of aryl methyl sites for hydroxylation is 2. The molecule has 2 amide bonds. The highest BCUT2D eigenvalue weighted by molar-refractivity contribution is 6.31. The number of aromatic nitrogens is 2. The molecule has 0 radical (unpaired) electrons. The van der Waals surface area contributed by atoms with Gasteiger partial charge in [-0.3, -0.25) is 19.4 Å². The fourth-order valence-electron chi connectivity index (χ4n) is 3.33. The summed E-state index contributed by atoms with van der Waals surface area (Å²) >= 11 is 6.12. The first-order chi connectivity index (χ1) is 14.8. The van der Waals surface area contributed by atoms with Crippen LogP contribution in [0.2, 0.25) is 5.02 Å². The van der Waals surface area contributed by atoms with Crippen molar-refractivity contribution in [2.24, 2.45) is 0 Å². The van der Waals surface area contributed by atoms with Crippen LogP contribution in [0.4, 0.5) is 23.1 Å². The van der Waals surface area contributed by atoms with E-state index in [1.54, 1.807) is 18.2 Å². The Morgan fingerprint density at radius 3 is 2.52 bits per heavy atom. The number of nitrogens with zero attached hydrogens (tertiary/aromatic N) is 1. The maximum absolute atomic E-state index is 12.9. The summed E-state index contributed by atoms with van der Waals surface area (Å²) in [5, 5.41) is 8.82. The number of fused-ring (bicyclic) bond motifs is 1. The fourth-order valence-corrected chi connectivity index (χ4v) is 3.51. The number of rotatable bonds is 4. The quantitative estimate of drug-likeness (QED) is 0.494. The Labute approximate surface area is 183 Å². The van der Waals surface area contributed by atoms with Crippen LogP contribution in [-0.4, -0.2) is 21.8 Å². The van der Waals surface area contributed by atoms with Gasteiger partial charge in [-0.1, -0.05) is 35.4 Å². The minimum Gasteiger partial charge on any atom is -0.326 e. The molecule has 0 saturated carbocycles. The van der Waals surface area contributed by atoms with E-state index >= 15 is 0 Å². The molecule has 2 aromatic carbocycles. The van der Waals surface area contributed by atoms with E-state index in [4.69, 9.17) is 11.6 Å². The van der Waals surface area contributed by atoms with Crippen molar-refractivity contribution in [1.29, 1.82) is 0 Å². The van der Waals surface area contributed by atoms with Gasteiger partial charge in [-0.05, 0) is 43.7 Å². The van der Waals surface area contributed by atoms with Gasteiger partial charge in [0.2, 0.25) is 17.8 Å². The lowest BCUT2D eigenvalue weighted by atomic mass is 9.92. The molecule has 2 heterocycles.